The maximum Gasteiger partial charge on any atom is 0.406 e. The van der Waals surface area contributed by atoms with Crippen molar-refractivity contribution in [3.8, 4) is 17.0 Å². The number of nitrogens with zero attached hydrogens (tertiary/aromatic N) is 3. The highest BCUT2D eigenvalue weighted by molar-refractivity contribution is 5.61. The maximum atomic E-state index is 10.8. The van der Waals surface area contributed by atoms with Gasteiger partial charge >= 0.3 is 5.82 Å². The van der Waals surface area contributed by atoms with E-state index >= 15 is 0 Å². The average Bonchev–Trinajstić information content (AvgIpc) is 2.39. The molecule has 0 N–H and O–H groups in total. The van der Waals surface area contributed by atoms with Crippen LogP contribution in [0.5, 0.6) is 5.75 Å². The van der Waals surface area contributed by atoms with E-state index in [1.165, 1.54) is 13.2 Å². The molecule has 0 unspecified atom stereocenters. The van der Waals surface area contributed by atoms with Gasteiger partial charge in [0.1, 0.15) is 0 Å². The lowest BCUT2D eigenvalue weighted by molar-refractivity contribution is -0.390. The molecule has 0 atom stereocenters. The largest absolute Gasteiger partial charge is 0.489 e. The third-order valence-electron chi connectivity index (χ3n) is 2.19. The Morgan fingerprint density at radius 1 is 1.35 bits per heavy atom. The van der Waals surface area contributed by atoms with Gasteiger partial charge in [0.25, 0.3) is 0 Å². The van der Waals surface area contributed by atoms with E-state index in [1.807, 2.05) is 0 Å². The van der Waals surface area contributed by atoms with Crippen LogP contribution in [-0.2, 0) is 0 Å². The molecule has 86 valence electrons. The van der Waals surface area contributed by atoms with Gasteiger partial charge in [-0.15, -0.1) is 0 Å². The standard InChI is InChI=1S/C11H9N3O3/c1-17-10-5-4-9(13-11(10)14(15)16)8-3-2-6-12-7-8/h2-7H,1H3. The lowest BCUT2D eigenvalue weighted by Gasteiger charge is -2.02. The lowest BCUT2D eigenvalue weighted by Crippen LogP contribution is -1.98. The monoisotopic (exact) mass is 231 g/mol. The molecule has 6 nitrogen and oxygen atoms in total. The topological polar surface area (TPSA) is 78.2 Å². The van der Waals surface area contributed by atoms with E-state index in [0.717, 1.165) is 5.56 Å². The first-order valence-electron chi connectivity index (χ1n) is 4.82. The number of aromatic nitrogens is 2. The van der Waals surface area contributed by atoms with Crippen molar-refractivity contribution in [3.05, 3.63) is 46.8 Å². The van der Waals surface area contributed by atoms with Crippen molar-refractivity contribution in [2.24, 2.45) is 0 Å². The highest BCUT2D eigenvalue weighted by Crippen LogP contribution is 2.27. The van der Waals surface area contributed by atoms with Gasteiger partial charge in [-0.2, -0.15) is 0 Å². The Morgan fingerprint density at radius 2 is 2.18 bits per heavy atom. The van der Waals surface area contributed by atoms with Crippen LogP contribution in [0.4, 0.5) is 5.82 Å². The summed E-state index contributed by atoms with van der Waals surface area (Å²) in [5.41, 5.74) is 1.21. The zero-order valence-corrected chi connectivity index (χ0v) is 9.03. The van der Waals surface area contributed by atoms with Gasteiger partial charge in [0.05, 0.1) is 7.11 Å². The van der Waals surface area contributed by atoms with Crippen LogP contribution in [0.1, 0.15) is 0 Å². The Kier molecular flexibility index (Phi) is 2.95. The molecule has 0 fully saturated rings. The summed E-state index contributed by atoms with van der Waals surface area (Å²) in [7, 11) is 1.37. The Hall–Kier alpha value is -2.50. The molecule has 2 aromatic heterocycles. The number of pyridine rings is 2. The van der Waals surface area contributed by atoms with Crippen LogP contribution in [0.25, 0.3) is 11.3 Å². The average molecular weight is 231 g/mol. The third kappa shape index (κ3) is 2.20. The molecule has 0 bridgehead atoms. The van der Waals surface area contributed by atoms with Gasteiger partial charge in [-0.1, -0.05) is 0 Å². The minimum atomic E-state index is -0.571. The van der Waals surface area contributed by atoms with Crippen LogP contribution >= 0.6 is 0 Å². The van der Waals surface area contributed by atoms with Crippen molar-refractivity contribution in [2.45, 2.75) is 0 Å². The van der Waals surface area contributed by atoms with Gasteiger partial charge in [-0.3, -0.25) is 4.98 Å². The quantitative estimate of drug-likeness (QED) is 0.596. The highest BCUT2D eigenvalue weighted by Gasteiger charge is 2.18. The Labute approximate surface area is 97.1 Å². The highest BCUT2D eigenvalue weighted by atomic mass is 16.6. The summed E-state index contributed by atoms with van der Waals surface area (Å²) < 4.78 is 4.88. The molecular weight excluding hydrogens is 222 g/mol. The number of hydrogen-bond acceptors (Lipinski definition) is 5. The fourth-order valence-electron chi connectivity index (χ4n) is 1.40. The first kappa shape index (κ1) is 11.0. The molecule has 0 radical (unpaired) electrons. The Balaban J connectivity index is 2.51. The first-order valence-corrected chi connectivity index (χ1v) is 4.82. The van der Waals surface area contributed by atoms with Crippen molar-refractivity contribution in [3.63, 3.8) is 0 Å². The van der Waals surface area contributed by atoms with Crippen molar-refractivity contribution >= 4 is 5.82 Å². The SMILES string of the molecule is COc1ccc(-c2cccnc2)nc1[N+](=O)[O-]. The zero-order valence-electron chi connectivity index (χ0n) is 9.03. The van der Waals surface area contributed by atoms with Crippen molar-refractivity contribution in [1.82, 2.24) is 9.97 Å². The van der Waals surface area contributed by atoms with Crippen LogP contribution in [0.2, 0.25) is 0 Å². The van der Waals surface area contributed by atoms with Gasteiger partial charge < -0.3 is 14.9 Å². The number of methoxy groups -OCH3 is 1. The maximum absolute atomic E-state index is 10.8. The van der Waals surface area contributed by atoms with Crippen molar-refractivity contribution in [2.75, 3.05) is 7.11 Å². The fourth-order valence-corrected chi connectivity index (χ4v) is 1.40. The van der Waals surface area contributed by atoms with E-state index in [9.17, 15) is 10.1 Å². The van der Waals surface area contributed by atoms with E-state index in [1.54, 1.807) is 30.6 Å². The molecule has 0 saturated carbocycles. The number of ether oxygens (including phenoxy) is 1. The molecule has 17 heavy (non-hydrogen) atoms. The van der Waals surface area contributed by atoms with Gasteiger partial charge in [0.15, 0.2) is 5.69 Å². The van der Waals surface area contributed by atoms with E-state index in [4.69, 9.17) is 4.74 Å². The summed E-state index contributed by atoms with van der Waals surface area (Å²) in [6.07, 6.45) is 3.22. The Morgan fingerprint density at radius 3 is 2.76 bits per heavy atom. The van der Waals surface area contributed by atoms with Gasteiger partial charge in [0, 0.05) is 18.0 Å². The second kappa shape index (κ2) is 4.56. The molecule has 0 saturated heterocycles. The van der Waals surface area contributed by atoms with Crippen LogP contribution in [-0.4, -0.2) is 22.0 Å². The van der Waals surface area contributed by atoms with E-state index in [2.05, 4.69) is 9.97 Å². The molecule has 0 aliphatic rings. The Bertz CT molecular complexity index is 543. The molecule has 0 aromatic carbocycles. The third-order valence-corrected chi connectivity index (χ3v) is 2.19. The fraction of sp³-hybridized carbons (Fsp3) is 0.0909. The van der Waals surface area contributed by atoms with E-state index in [-0.39, 0.29) is 11.6 Å². The molecule has 2 rings (SSSR count). The normalized spacial score (nSPS) is 9.94. The minimum absolute atomic E-state index is 0.141. The van der Waals surface area contributed by atoms with Crippen molar-refractivity contribution in [1.29, 1.82) is 0 Å². The predicted molar refractivity (Wildman–Crippen MR) is 60.7 cm³/mol. The second-order valence-electron chi connectivity index (χ2n) is 3.22. The van der Waals surface area contributed by atoms with Crippen LogP contribution in [0, 0.1) is 10.1 Å². The minimum Gasteiger partial charge on any atom is -0.489 e. The second-order valence-corrected chi connectivity index (χ2v) is 3.22. The summed E-state index contributed by atoms with van der Waals surface area (Å²) in [5, 5.41) is 10.8. The molecular formula is C11H9N3O3. The molecule has 0 spiro atoms. The van der Waals surface area contributed by atoms with E-state index < -0.39 is 4.92 Å². The summed E-state index contributed by atoms with van der Waals surface area (Å²) in [4.78, 5) is 18.1. The smallest absolute Gasteiger partial charge is 0.406 e. The van der Waals surface area contributed by atoms with Gasteiger partial charge in [-0.05, 0) is 34.2 Å². The molecule has 2 aromatic rings. The summed E-state index contributed by atoms with van der Waals surface area (Å²) >= 11 is 0. The van der Waals surface area contributed by atoms with E-state index in [0.29, 0.717) is 5.69 Å². The predicted octanol–water partition coefficient (Wildman–Crippen LogP) is 2.06. The van der Waals surface area contributed by atoms with Crippen LogP contribution in [0.3, 0.4) is 0 Å². The summed E-state index contributed by atoms with van der Waals surface area (Å²) in [6.45, 7) is 0. The van der Waals surface area contributed by atoms with Crippen LogP contribution < -0.4 is 4.74 Å². The molecule has 6 heteroatoms. The molecule has 2 heterocycles. The van der Waals surface area contributed by atoms with Crippen molar-refractivity contribution < 1.29 is 9.66 Å². The molecule has 0 amide bonds. The van der Waals surface area contributed by atoms with Crippen LogP contribution in [0.15, 0.2) is 36.7 Å². The summed E-state index contributed by atoms with van der Waals surface area (Å²) in [5.74, 6) is -0.156. The number of hydrogen-bond donors (Lipinski definition) is 0. The number of rotatable bonds is 3. The first-order chi connectivity index (χ1) is 8.22. The summed E-state index contributed by atoms with van der Waals surface area (Å²) in [6, 6.07) is 6.70. The molecule has 0 aliphatic heterocycles. The van der Waals surface area contributed by atoms with Gasteiger partial charge in [-0.25, -0.2) is 0 Å². The van der Waals surface area contributed by atoms with Gasteiger partial charge in [0.2, 0.25) is 5.75 Å². The molecule has 0 aliphatic carbocycles. The lowest BCUT2D eigenvalue weighted by atomic mass is 10.2. The zero-order chi connectivity index (χ0) is 12.3. The number of nitro groups is 1.